The Balaban J connectivity index is 2.29. The van der Waals surface area contributed by atoms with E-state index in [9.17, 15) is 8.78 Å². The molecule has 3 rings (SSSR count). The summed E-state index contributed by atoms with van der Waals surface area (Å²) in [5, 5.41) is 0.877. The summed E-state index contributed by atoms with van der Waals surface area (Å²) in [7, 11) is 0. The molecule has 0 aliphatic carbocycles. The highest BCUT2D eigenvalue weighted by Gasteiger charge is 2.13. The summed E-state index contributed by atoms with van der Waals surface area (Å²) in [5.41, 5.74) is 0.678. The summed E-state index contributed by atoms with van der Waals surface area (Å²) >= 11 is 9.46. The van der Waals surface area contributed by atoms with Crippen LogP contribution in [0.5, 0.6) is 0 Å². The molecule has 100 valence electrons. The molecule has 0 radical (unpaired) electrons. The summed E-state index contributed by atoms with van der Waals surface area (Å²) in [6, 6.07) is 8.61. The van der Waals surface area contributed by atoms with E-state index in [-0.39, 0.29) is 16.5 Å². The van der Waals surface area contributed by atoms with Gasteiger partial charge in [-0.2, -0.15) is 0 Å². The van der Waals surface area contributed by atoms with E-state index in [2.05, 4.69) is 25.9 Å². The van der Waals surface area contributed by atoms with Gasteiger partial charge < -0.3 is 0 Å². The van der Waals surface area contributed by atoms with Crippen molar-refractivity contribution in [2.45, 2.75) is 0 Å². The van der Waals surface area contributed by atoms with E-state index in [1.807, 2.05) is 0 Å². The molecule has 6 heteroatoms. The molecule has 0 saturated heterocycles. The lowest BCUT2D eigenvalue weighted by molar-refractivity contribution is 0.585. The van der Waals surface area contributed by atoms with Gasteiger partial charge in [0.15, 0.2) is 5.82 Å². The van der Waals surface area contributed by atoms with Crippen LogP contribution in [0, 0.1) is 11.6 Å². The Kier molecular flexibility index (Phi) is 3.40. The molecule has 2 nitrogen and oxygen atoms in total. The molecule has 1 aromatic heterocycles. The van der Waals surface area contributed by atoms with Gasteiger partial charge in [0.05, 0.1) is 11.1 Å². The van der Waals surface area contributed by atoms with Gasteiger partial charge in [-0.05, 0) is 40.2 Å². The van der Waals surface area contributed by atoms with Gasteiger partial charge in [-0.3, -0.25) is 0 Å². The number of fused-ring (bicyclic) bond motifs is 1. The van der Waals surface area contributed by atoms with Gasteiger partial charge in [-0.15, -0.1) is 0 Å². The molecule has 2 aromatic carbocycles. The van der Waals surface area contributed by atoms with Crippen LogP contribution in [0.4, 0.5) is 8.78 Å². The predicted molar refractivity (Wildman–Crippen MR) is 77.6 cm³/mol. The van der Waals surface area contributed by atoms with Crippen molar-refractivity contribution >= 4 is 38.4 Å². The number of para-hydroxylation sites is 1. The van der Waals surface area contributed by atoms with Gasteiger partial charge in [-0.25, -0.2) is 18.7 Å². The summed E-state index contributed by atoms with van der Waals surface area (Å²) in [5.74, 6) is -1.27. The van der Waals surface area contributed by atoms with Crippen LogP contribution < -0.4 is 0 Å². The van der Waals surface area contributed by atoms with Crippen LogP contribution >= 0.6 is 27.5 Å². The molecule has 0 saturated carbocycles. The fraction of sp³-hybridized carbons (Fsp3) is 0. The zero-order valence-corrected chi connectivity index (χ0v) is 12.2. The normalized spacial score (nSPS) is 11.0. The van der Waals surface area contributed by atoms with Gasteiger partial charge in [0.25, 0.3) is 0 Å². The van der Waals surface area contributed by atoms with E-state index in [1.54, 1.807) is 18.2 Å². The maximum atomic E-state index is 13.8. The average molecular weight is 356 g/mol. The van der Waals surface area contributed by atoms with Crippen molar-refractivity contribution in [3.05, 3.63) is 57.7 Å². The Morgan fingerprint density at radius 3 is 2.60 bits per heavy atom. The lowest BCUT2D eigenvalue weighted by Gasteiger charge is -2.06. The second-order valence-electron chi connectivity index (χ2n) is 4.10. The van der Waals surface area contributed by atoms with Crippen molar-refractivity contribution in [1.29, 1.82) is 0 Å². The van der Waals surface area contributed by atoms with Crippen LogP contribution in [0.3, 0.4) is 0 Å². The third-order valence-electron chi connectivity index (χ3n) is 2.80. The number of benzene rings is 2. The maximum Gasteiger partial charge on any atom is 0.164 e. The molecule has 1 heterocycles. The van der Waals surface area contributed by atoms with Crippen molar-refractivity contribution in [2.75, 3.05) is 0 Å². The van der Waals surface area contributed by atoms with Crippen molar-refractivity contribution in [3.8, 4) is 11.4 Å². The van der Waals surface area contributed by atoms with E-state index >= 15 is 0 Å². The van der Waals surface area contributed by atoms with Crippen molar-refractivity contribution < 1.29 is 8.78 Å². The number of hydrogen-bond donors (Lipinski definition) is 0. The SMILES string of the molecule is Fc1ccc(-c2nc(Cl)c3cccc(Br)c3n2)c(F)c1. The Bertz CT molecular complexity index is 824. The standard InChI is InChI=1S/C14H6BrClF2N2/c15-10-3-1-2-9-12(10)19-14(20-13(9)16)8-5-4-7(17)6-11(8)18/h1-6H. The first-order chi connectivity index (χ1) is 9.56. The monoisotopic (exact) mass is 354 g/mol. The minimum Gasteiger partial charge on any atom is -0.227 e. The Morgan fingerprint density at radius 1 is 1.05 bits per heavy atom. The molecule has 0 unspecified atom stereocenters. The Hall–Kier alpha value is -1.59. The molecule has 20 heavy (non-hydrogen) atoms. The molecule has 0 amide bonds. The summed E-state index contributed by atoms with van der Waals surface area (Å²) in [6.07, 6.45) is 0. The van der Waals surface area contributed by atoms with E-state index in [0.717, 1.165) is 16.6 Å². The third kappa shape index (κ3) is 2.27. The molecule has 0 aliphatic heterocycles. The van der Waals surface area contributed by atoms with Crippen LogP contribution in [-0.2, 0) is 0 Å². The van der Waals surface area contributed by atoms with E-state index in [4.69, 9.17) is 11.6 Å². The highest BCUT2D eigenvalue weighted by Crippen LogP contribution is 2.30. The average Bonchev–Trinajstić information content (AvgIpc) is 2.40. The lowest BCUT2D eigenvalue weighted by Crippen LogP contribution is -1.95. The number of aromatic nitrogens is 2. The quantitative estimate of drug-likeness (QED) is 0.575. The Morgan fingerprint density at radius 2 is 1.85 bits per heavy atom. The van der Waals surface area contributed by atoms with Crippen LogP contribution in [0.2, 0.25) is 5.15 Å². The van der Waals surface area contributed by atoms with Crippen molar-refractivity contribution in [1.82, 2.24) is 9.97 Å². The van der Waals surface area contributed by atoms with Crippen molar-refractivity contribution in [3.63, 3.8) is 0 Å². The maximum absolute atomic E-state index is 13.8. The molecular formula is C14H6BrClF2N2. The summed E-state index contributed by atoms with van der Waals surface area (Å²) < 4.78 is 27.5. The fourth-order valence-electron chi connectivity index (χ4n) is 1.87. The van der Waals surface area contributed by atoms with E-state index < -0.39 is 11.6 Å². The van der Waals surface area contributed by atoms with E-state index in [1.165, 1.54) is 6.07 Å². The van der Waals surface area contributed by atoms with Crippen LogP contribution in [0.25, 0.3) is 22.3 Å². The van der Waals surface area contributed by atoms with Crippen LogP contribution in [0.15, 0.2) is 40.9 Å². The lowest BCUT2D eigenvalue weighted by atomic mass is 10.2. The highest BCUT2D eigenvalue weighted by molar-refractivity contribution is 9.10. The van der Waals surface area contributed by atoms with Crippen molar-refractivity contribution in [2.24, 2.45) is 0 Å². The summed E-state index contributed by atoms with van der Waals surface area (Å²) in [6.45, 7) is 0. The van der Waals surface area contributed by atoms with Gasteiger partial charge in [0, 0.05) is 15.9 Å². The number of rotatable bonds is 1. The molecule has 0 aliphatic rings. The second kappa shape index (κ2) is 5.07. The van der Waals surface area contributed by atoms with E-state index in [0.29, 0.717) is 10.9 Å². The van der Waals surface area contributed by atoms with Crippen LogP contribution in [-0.4, -0.2) is 9.97 Å². The number of halogens is 4. The topological polar surface area (TPSA) is 25.8 Å². The predicted octanol–water partition coefficient (Wildman–Crippen LogP) is 4.99. The van der Waals surface area contributed by atoms with Gasteiger partial charge in [0.2, 0.25) is 0 Å². The zero-order valence-electron chi connectivity index (χ0n) is 9.87. The number of hydrogen-bond acceptors (Lipinski definition) is 2. The van der Waals surface area contributed by atoms with Crippen LogP contribution in [0.1, 0.15) is 0 Å². The molecule has 3 aromatic rings. The minimum absolute atomic E-state index is 0.103. The third-order valence-corrected chi connectivity index (χ3v) is 3.73. The molecular weight excluding hydrogens is 350 g/mol. The van der Waals surface area contributed by atoms with Gasteiger partial charge in [0.1, 0.15) is 16.8 Å². The minimum atomic E-state index is -0.729. The molecule has 0 fully saturated rings. The first-order valence-corrected chi connectivity index (χ1v) is 6.80. The molecule has 0 N–H and O–H groups in total. The highest BCUT2D eigenvalue weighted by atomic mass is 79.9. The molecule has 0 spiro atoms. The zero-order chi connectivity index (χ0) is 14.3. The van der Waals surface area contributed by atoms with Gasteiger partial charge >= 0.3 is 0 Å². The summed E-state index contributed by atoms with van der Waals surface area (Å²) in [4.78, 5) is 8.37. The second-order valence-corrected chi connectivity index (χ2v) is 5.31. The fourth-order valence-corrected chi connectivity index (χ4v) is 2.56. The first kappa shape index (κ1) is 13.4. The smallest absolute Gasteiger partial charge is 0.164 e. The number of nitrogens with zero attached hydrogens (tertiary/aromatic N) is 2. The van der Waals surface area contributed by atoms with Gasteiger partial charge in [-0.1, -0.05) is 17.7 Å². The first-order valence-electron chi connectivity index (χ1n) is 5.63. The Labute approximate surface area is 126 Å². The molecule has 0 atom stereocenters. The largest absolute Gasteiger partial charge is 0.227 e. The molecule has 0 bridgehead atoms.